The molecule has 4 aromatic rings. The molecule has 0 unspecified atom stereocenters. The highest BCUT2D eigenvalue weighted by atomic mass is 19.1. The van der Waals surface area contributed by atoms with Crippen molar-refractivity contribution in [3.8, 4) is 5.75 Å². The minimum absolute atomic E-state index is 0.0239. The molecule has 172 valence electrons. The molecule has 2 amide bonds. The van der Waals surface area contributed by atoms with Crippen molar-refractivity contribution in [1.82, 2.24) is 15.0 Å². The average Bonchev–Trinajstić information content (AvgIpc) is 2.84. The number of halogens is 1. The van der Waals surface area contributed by atoms with E-state index in [-0.39, 0.29) is 30.0 Å². The van der Waals surface area contributed by atoms with E-state index in [0.29, 0.717) is 28.0 Å². The van der Waals surface area contributed by atoms with Crippen molar-refractivity contribution in [3.05, 3.63) is 88.5 Å². The van der Waals surface area contributed by atoms with E-state index >= 15 is 0 Å². The van der Waals surface area contributed by atoms with Gasteiger partial charge in [-0.2, -0.15) is 0 Å². The first-order valence-electron chi connectivity index (χ1n) is 10.3. The Hall–Kier alpha value is -4.60. The fraction of sp³-hybridized carbons (Fsp3) is 0.125. The number of nitrogens with one attached hydrogen (secondary N) is 2. The standard InChI is InChI=1S/C24H20FN5O4/c1-34-21-10-9-17(14-20(21)27-23(32)15-5-4-6-16(25)13-15)26-22(31)11-12-30-24(33)18-7-2-3-8-19(18)28-29-30/h2-10,13-14H,11-12H2,1H3,(H,26,31)(H,27,32). The molecule has 2 N–H and O–H groups in total. The molecule has 0 spiro atoms. The SMILES string of the molecule is COc1ccc(NC(=O)CCn2nnc3ccccc3c2=O)cc1NC(=O)c1cccc(F)c1. The van der Waals surface area contributed by atoms with Crippen LogP contribution in [-0.4, -0.2) is 33.9 Å². The zero-order valence-corrected chi connectivity index (χ0v) is 18.1. The number of aromatic nitrogens is 3. The second-order valence-electron chi connectivity index (χ2n) is 7.31. The van der Waals surface area contributed by atoms with Crippen LogP contribution in [0, 0.1) is 5.82 Å². The maximum atomic E-state index is 13.4. The van der Waals surface area contributed by atoms with E-state index < -0.39 is 11.7 Å². The van der Waals surface area contributed by atoms with E-state index in [1.165, 1.54) is 31.4 Å². The molecular formula is C24H20FN5O4. The van der Waals surface area contributed by atoms with Gasteiger partial charge in [-0.3, -0.25) is 14.4 Å². The summed E-state index contributed by atoms with van der Waals surface area (Å²) < 4.78 is 19.8. The van der Waals surface area contributed by atoms with Gasteiger partial charge in [0.1, 0.15) is 17.1 Å². The van der Waals surface area contributed by atoms with E-state index in [0.717, 1.165) is 10.7 Å². The molecule has 0 saturated carbocycles. The van der Waals surface area contributed by atoms with Gasteiger partial charge in [0.2, 0.25) is 5.91 Å². The number of carbonyl (C=O) groups is 2. The van der Waals surface area contributed by atoms with Crippen LogP contribution in [0.5, 0.6) is 5.75 Å². The average molecular weight is 461 g/mol. The van der Waals surface area contributed by atoms with Crippen LogP contribution >= 0.6 is 0 Å². The van der Waals surface area contributed by atoms with E-state index in [9.17, 15) is 18.8 Å². The Labute approximate surface area is 193 Å². The summed E-state index contributed by atoms with van der Waals surface area (Å²) >= 11 is 0. The summed E-state index contributed by atoms with van der Waals surface area (Å²) in [7, 11) is 1.44. The highest BCUT2D eigenvalue weighted by Crippen LogP contribution is 2.28. The predicted molar refractivity (Wildman–Crippen MR) is 124 cm³/mol. The minimum atomic E-state index is -0.532. The Balaban J connectivity index is 1.44. The van der Waals surface area contributed by atoms with Crippen molar-refractivity contribution < 1.29 is 18.7 Å². The number of carbonyl (C=O) groups excluding carboxylic acids is 2. The van der Waals surface area contributed by atoms with E-state index in [2.05, 4.69) is 20.9 Å². The van der Waals surface area contributed by atoms with Gasteiger partial charge in [0, 0.05) is 17.7 Å². The summed E-state index contributed by atoms with van der Waals surface area (Å²) in [5, 5.41) is 13.7. The molecule has 0 fully saturated rings. The second kappa shape index (κ2) is 9.90. The van der Waals surface area contributed by atoms with Crippen LogP contribution in [0.15, 0.2) is 71.5 Å². The third kappa shape index (κ3) is 5.07. The van der Waals surface area contributed by atoms with Gasteiger partial charge in [-0.05, 0) is 48.5 Å². The van der Waals surface area contributed by atoms with Crippen LogP contribution in [0.2, 0.25) is 0 Å². The molecule has 0 bridgehead atoms. The maximum absolute atomic E-state index is 13.4. The van der Waals surface area contributed by atoms with Gasteiger partial charge in [-0.25, -0.2) is 9.07 Å². The summed E-state index contributed by atoms with van der Waals surface area (Å²) in [5.41, 5.74) is 0.992. The summed E-state index contributed by atoms with van der Waals surface area (Å²) in [4.78, 5) is 37.5. The van der Waals surface area contributed by atoms with Crippen LogP contribution in [0.1, 0.15) is 16.8 Å². The first-order valence-corrected chi connectivity index (χ1v) is 10.3. The first-order chi connectivity index (χ1) is 16.4. The predicted octanol–water partition coefficient (Wildman–Crippen LogP) is 3.22. The van der Waals surface area contributed by atoms with Crippen molar-refractivity contribution in [2.45, 2.75) is 13.0 Å². The van der Waals surface area contributed by atoms with Gasteiger partial charge >= 0.3 is 0 Å². The maximum Gasteiger partial charge on any atom is 0.277 e. The lowest BCUT2D eigenvalue weighted by Crippen LogP contribution is -2.26. The molecule has 1 heterocycles. The van der Waals surface area contributed by atoms with Crippen LogP contribution in [0.3, 0.4) is 0 Å². The monoisotopic (exact) mass is 461 g/mol. The molecule has 0 aliphatic rings. The van der Waals surface area contributed by atoms with Gasteiger partial charge in [0.05, 0.1) is 24.7 Å². The third-order valence-corrected chi connectivity index (χ3v) is 5.00. The van der Waals surface area contributed by atoms with Crippen LogP contribution < -0.4 is 20.9 Å². The summed E-state index contributed by atoms with van der Waals surface area (Å²) in [6.07, 6.45) is -0.0239. The molecule has 10 heteroatoms. The van der Waals surface area contributed by atoms with E-state index in [1.54, 1.807) is 36.4 Å². The number of methoxy groups -OCH3 is 1. The molecule has 34 heavy (non-hydrogen) atoms. The lowest BCUT2D eigenvalue weighted by molar-refractivity contribution is -0.116. The van der Waals surface area contributed by atoms with Crippen molar-refractivity contribution in [1.29, 1.82) is 0 Å². The number of amides is 2. The number of benzene rings is 3. The van der Waals surface area contributed by atoms with Crippen molar-refractivity contribution >= 4 is 34.1 Å². The second-order valence-corrected chi connectivity index (χ2v) is 7.31. The Bertz CT molecular complexity index is 1440. The molecule has 3 aromatic carbocycles. The zero-order chi connectivity index (χ0) is 24.1. The van der Waals surface area contributed by atoms with Crippen molar-refractivity contribution in [2.75, 3.05) is 17.7 Å². The Kier molecular flexibility index (Phi) is 6.58. The van der Waals surface area contributed by atoms with Crippen LogP contribution in [0.4, 0.5) is 15.8 Å². The zero-order valence-electron chi connectivity index (χ0n) is 18.1. The van der Waals surface area contributed by atoms with Crippen molar-refractivity contribution in [3.63, 3.8) is 0 Å². The number of anilines is 2. The van der Waals surface area contributed by atoms with E-state index in [1.807, 2.05) is 0 Å². The highest BCUT2D eigenvalue weighted by molar-refractivity contribution is 6.05. The van der Waals surface area contributed by atoms with E-state index in [4.69, 9.17) is 4.74 Å². The Morgan fingerprint density at radius 1 is 1.03 bits per heavy atom. The Morgan fingerprint density at radius 3 is 2.65 bits per heavy atom. The number of aryl methyl sites for hydroxylation is 1. The van der Waals surface area contributed by atoms with Crippen molar-refractivity contribution in [2.24, 2.45) is 0 Å². The fourth-order valence-corrected chi connectivity index (χ4v) is 3.31. The topological polar surface area (TPSA) is 115 Å². The molecule has 9 nitrogen and oxygen atoms in total. The lowest BCUT2D eigenvalue weighted by atomic mass is 10.2. The number of rotatable bonds is 7. The molecule has 0 saturated heterocycles. The van der Waals surface area contributed by atoms with Crippen LogP contribution in [0.25, 0.3) is 10.9 Å². The highest BCUT2D eigenvalue weighted by Gasteiger charge is 2.13. The largest absolute Gasteiger partial charge is 0.495 e. The number of hydrogen-bond donors (Lipinski definition) is 2. The van der Waals surface area contributed by atoms with Gasteiger partial charge in [-0.15, -0.1) is 5.10 Å². The van der Waals surface area contributed by atoms with Crippen LogP contribution in [-0.2, 0) is 11.3 Å². The van der Waals surface area contributed by atoms with Gasteiger partial charge in [0.25, 0.3) is 11.5 Å². The molecular weight excluding hydrogens is 441 g/mol. The minimum Gasteiger partial charge on any atom is -0.495 e. The molecule has 0 atom stereocenters. The normalized spacial score (nSPS) is 10.6. The molecule has 0 aliphatic heterocycles. The quantitative estimate of drug-likeness (QED) is 0.437. The van der Waals surface area contributed by atoms with Gasteiger partial charge in [0.15, 0.2) is 0 Å². The lowest BCUT2D eigenvalue weighted by Gasteiger charge is -2.13. The van der Waals surface area contributed by atoms with Gasteiger partial charge in [-0.1, -0.05) is 23.4 Å². The molecule has 4 rings (SSSR count). The molecule has 1 aromatic heterocycles. The Morgan fingerprint density at radius 2 is 1.85 bits per heavy atom. The fourth-order valence-electron chi connectivity index (χ4n) is 3.31. The number of fused-ring (bicyclic) bond motifs is 1. The summed E-state index contributed by atoms with van der Waals surface area (Å²) in [6, 6.07) is 16.8. The molecule has 0 aliphatic carbocycles. The smallest absolute Gasteiger partial charge is 0.277 e. The number of ether oxygens (including phenoxy) is 1. The summed E-state index contributed by atoms with van der Waals surface area (Å²) in [6.45, 7) is 0.0435. The summed E-state index contributed by atoms with van der Waals surface area (Å²) in [5.74, 6) is -1.07. The molecule has 0 radical (unpaired) electrons. The third-order valence-electron chi connectivity index (χ3n) is 5.00. The first kappa shape index (κ1) is 22.6. The number of nitrogens with zero attached hydrogens (tertiary/aromatic N) is 3. The van der Waals surface area contributed by atoms with Gasteiger partial charge < -0.3 is 15.4 Å². The number of hydrogen-bond acceptors (Lipinski definition) is 6.